The van der Waals surface area contributed by atoms with Gasteiger partial charge in [0.05, 0.1) is 18.0 Å². The van der Waals surface area contributed by atoms with Gasteiger partial charge in [-0.1, -0.05) is 36.0 Å². The molecule has 1 N–H and O–H groups in total. The monoisotopic (exact) mass is 411 g/mol. The van der Waals surface area contributed by atoms with Crippen LogP contribution in [0.5, 0.6) is 5.75 Å². The van der Waals surface area contributed by atoms with Crippen LogP contribution in [0.1, 0.15) is 23.1 Å². The van der Waals surface area contributed by atoms with Crippen LogP contribution in [-0.2, 0) is 4.79 Å². The number of thioether (sulfide) groups is 1. The third kappa shape index (κ3) is 5.80. The average Bonchev–Trinajstić information content (AvgIpc) is 3.19. The molecule has 0 radical (unpaired) electrons. The number of nitrogens with zero attached hydrogens (tertiary/aromatic N) is 4. The van der Waals surface area contributed by atoms with Gasteiger partial charge in [0, 0.05) is 6.54 Å². The Morgan fingerprint density at radius 3 is 2.76 bits per heavy atom. The van der Waals surface area contributed by atoms with E-state index in [9.17, 15) is 4.79 Å². The molecular formula is C21H25N5O2S. The number of hydrogen-bond donors (Lipinski definition) is 1. The molecule has 152 valence electrons. The maximum atomic E-state index is 12.1. The molecule has 0 unspecified atom stereocenters. The molecule has 0 bridgehead atoms. The van der Waals surface area contributed by atoms with Gasteiger partial charge in [-0.05, 0) is 72.5 Å². The lowest BCUT2D eigenvalue weighted by Crippen LogP contribution is -2.27. The topological polar surface area (TPSA) is 81.9 Å². The van der Waals surface area contributed by atoms with Crippen molar-refractivity contribution in [2.75, 3.05) is 18.9 Å². The zero-order valence-corrected chi connectivity index (χ0v) is 17.7. The van der Waals surface area contributed by atoms with Crippen LogP contribution in [0.25, 0.3) is 5.69 Å². The molecule has 7 nitrogen and oxygen atoms in total. The number of aromatic nitrogens is 4. The summed E-state index contributed by atoms with van der Waals surface area (Å²) < 4.78 is 7.50. The lowest BCUT2D eigenvalue weighted by molar-refractivity contribution is -0.118. The van der Waals surface area contributed by atoms with Gasteiger partial charge in [-0.15, -0.1) is 5.10 Å². The Kier molecular flexibility index (Phi) is 7.24. The summed E-state index contributed by atoms with van der Waals surface area (Å²) >= 11 is 1.31. The molecule has 3 rings (SSSR count). The van der Waals surface area contributed by atoms with Gasteiger partial charge in [0.25, 0.3) is 0 Å². The van der Waals surface area contributed by atoms with Crippen molar-refractivity contribution < 1.29 is 9.53 Å². The molecule has 0 fully saturated rings. The van der Waals surface area contributed by atoms with Gasteiger partial charge in [-0.2, -0.15) is 4.68 Å². The normalized spacial score (nSPS) is 10.7. The number of ether oxygens (including phenoxy) is 1. The van der Waals surface area contributed by atoms with Crippen molar-refractivity contribution in [1.29, 1.82) is 0 Å². The van der Waals surface area contributed by atoms with Crippen molar-refractivity contribution in [2.24, 2.45) is 0 Å². The van der Waals surface area contributed by atoms with Crippen LogP contribution < -0.4 is 10.1 Å². The molecule has 0 aliphatic rings. The fourth-order valence-electron chi connectivity index (χ4n) is 2.81. The van der Waals surface area contributed by atoms with E-state index in [2.05, 4.69) is 53.7 Å². The molecule has 3 aromatic rings. The Morgan fingerprint density at radius 1 is 1.17 bits per heavy atom. The predicted octanol–water partition coefficient (Wildman–Crippen LogP) is 3.26. The van der Waals surface area contributed by atoms with Crippen molar-refractivity contribution in [3.63, 3.8) is 0 Å². The summed E-state index contributed by atoms with van der Waals surface area (Å²) in [7, 11) is 0. The molecule has 0 saturated carbocycles. The number of amides is 1. The van der Waals surface area contributed by atoms with Gasteiger partial charge in [-0.3, -0.25) is 4.79 Å². The molecule has 1 heterocycles. The molecule has 1 amide bonds. The molecule has 0 aliphatic heterocycles. The maximum Gasteiger partial charge on any atom is 0.230 e. The maximum absolute atomic E-state index is 12.1. The van der Waals surface area contributed by atoms with Crippen molar-refractivity contribution >= 4 is 17.7 Å². The summed E-state index contributed by atoms with van der Waals surface area (Å²) in [6, 6.07) is 13.8. The molecule has 2 aromatic carbocycles. The summed E-state index contributed by atoms with van der Waals surface area (Å²) in [5.41, 5.74) is 4.43. The molecule has 1 aromatic heterocycles. The van der Waals surface area contributed by atoms with Crippen LogP contribution in [0.3, 0.4) is 0 Å². The van der Waals surface area contributed by atoms with E-state index < -0.39 is 0 Å². The van der Waals surface area contributed by atoms with Crippen LogP contribution in [0.2, 0.25) is 0 Å². The summed E-state index contributed by atoms with van der Waals surface area (Å²) in [5.74, 6) is 1.11. The third-order valence-corrected chi connectivity index (χ3v) is 5.36. The minimum Gasteiger partial charge on any atom is -0.493 e. The number of hydrogen-bond acceptors (Lipinski definition) is 6. The van der Waals surface area contributed by atoms with Gasteiger partial charge >= 0.3 is 0 Å². The number of rotatable bonds is 9. The second-order valence-corrected chi connectivity index (χ2v) is 7.70. The molecule has 29 heavy (non-hydrogen) atoms. The quantitative estimate of drug-likeness (QED) is 0.430. The van der Waals surface area contributed by atoms with E-state index in [0.29, 0.717) is 18.3 Å². The number of aryl methyl sites for hydroxylation is 2. The number of benzene rings is 2. The fourth-order valence-corrected chi connectivity index (χ4v) is 3.53. The zero-order valence-electron chi connectivity index (χ0n) is 16.9. The van der Waals surface area contributed by atoms with Crippen molar-refractivity contribution in [3.05, 3.63) is 59.2 Å². The number of carbonyl (C=O) groups excluding carboxylic acids is 1. The minimum atomic E-state index is -0.0554. The first kappa shape index (κ1) is 20.9. The van der Waals surface area contributed by atoms with Gasteiger partial charge < -0.3 is 10.1 Å². The third-order valence-electron chi connectivity index (χ3n) is 4.44. The Bertz CT molecular complexity index is 959. The van der Waals surface area contributed by atoms with E-state index in [1.165, 1.54) is 22.9 Å². The largest absolute Gasteiger partial charge is 0.493 e. The first-order valence-electron chi connectivity index (χ1n) is 9.48. The minimum absolute atomic E-state index is 0.0554. The predicted molar refractivity (Wildman–Crippen MR) is 114 cm³/mol. The van der Waals surface area contributed by atoms with E-state index in [1.54, 1.807) is 4.68 Å². The molecule has 8 heteroatoms. The van der Waals surface area contributed by atoms with Crippen LogP contribution in [0.4, 0.5) is 0 Å². The number of nitrogens with one attached hydrogen (secondary N) is 1. The number of para-hydroxylation sites is 1. The van der Waals surface area contributed by atoms with Crippen LogP contribution in [0, 0.1) is 20.8 Å². The van der Waals surface area contributed by atoms with E-state index in [-0.39, 0.29) is 11.7 Å². The first-order chi connectivity index (χ1) is 14.0. The average molecular weight is 412 g/mol. The Balaban J connectivity index is 1.39. The molecular weight excluding hydrogens is 386 g/mol. The Morgan fingerprint density at radius 2 is 1.97 bits per heavy atom. The molecule has 0 aliphatic carbocycles. The summed E-state index contributed by atoms with van der Waals surface area (Å²) in [6.45, 7) is 7.33. The van der Waals surface area contributed by atoms with E-state index >= 15 is 0 Å². The lowest BCUT2D eigenvalue weighted by atomic mass is 10.1. The number of tetrazole rings is 1. The van der Waals surface area contributed by atoms with Crippen molar-refractivity contribution in [3.8, 4) is 11.4 Å². The second-order valence-electron chi connectivity index (χ2n) is 6.75. The van der Waals surface area contributed by atoms with Gasteiger partial charge in [0.15, 0.2) is 0 Å². The lowest BCUT2D eigenvalue weighted by Gasteiger charge is -2.12. The number of carbonyl (C=O) groups is 1. The highest BCUT2D eigenvalue weighted by Crippen LogP contribution is 2.23. The Labute approximate surface area is 174 Å². The van der Waals surface area contributed by atoms with Crippen molar-refractivity contribution in [1.82, 2.24) is 25.5 Å². The summed E-state index contributed by atoms with van der Waals surface area (Å²) in [6.07, 6.45) is 0.741. The summed E-state index contributed by atoms with van der Waals surface area (Å²) in [4.78, 5) is 12.1. The Hall–Kier alpha value is -2.87. The highest BCUT2D eigenvalue weighted by Gasteiger charge is 2.11. The van der Waals surface area contributed by atoms with E-state index in [4.69, 9.17) is 4.74 Å². The van der Waals surface area contributed by atoms with E-state index in [1.807, 2.05) is 30.3 Å². The zero-order chi connectivity index (χ0) is 20.6. The van der Waals surface area contributed by atoms with Crippen LogP contribution in [0.15, 0.2) is 47.6 Å². The fraction of sp³-hybridized carbons (Fsp3) is 0.333. The molecule has 0 spiro atoms. The van der Waals surface area contributed by atoms with Gasteiger partial charge in [0.2, 0.25) is 11.1 Å². The van der Waals surface area contributed by atoms with Gasteiger partial charge in [-0.25, -0.2) is 0 Å². The van der Waals surface area contributed by atoms with Crippen LogP contribution in [-0.4, -0.2) is 45.0 Å². The molecule has 0 saturated heterocycles. The highest BCUT2D eigenvalue weighted by molar-refractivity contribution is 7.99. The standard InChI is InChI=1S/C21H25N5O2S/c1-15-12-16(2)17(3)19(13-15)28-11-7-10-22-20(27)14-29-21-23-24-25-26(21)18-8-5-4-6-9-18/h4-6,8-9,12-13H,7,10-11,14H2,1-3H3,(H,22,27). The van der Waals surface area contributed by atoms with Gasteiger partial charge in [0.1, 0.15) is 5.75 Å². The van der Waals surface area contributed by atoms with E-state index in [0.717, 1.165) is 23.4 Å². The highest BCUT2D eigenvalue weighted by atomic mass is 32.2. The summed E-state index contributed by atoms with van der Waals surface area (Å²) in [5, 5.41) is 15.2. The SMILES string of the molecule is Cc1cc(C)c(C)c(OCCCNC(=O)CSc2nnnn2-c2ccccc2)c1. The van der Waals surface area contributed by atoms with Crippen LogP contribution >= 0.6 is 11.8 Å². The second kappa shape index (κ2) is 10.1. The first-order valence-corrected chi connectivity index (χ1v) is 10.5. The molecule has 0 atom stereocenters. The van der Waals surface area contributed by atoms with Crippen molar-refractivity contribution in [2.45, 2.75) is 32.3 Å². The smallest absolute Gasteiger partial charge is 0.230 e.